The maximum Gasteiger partial charge on any atom is 0.411 e. The van der Waals surface area contributed by atoms with Gasteiger partial charge in [0.2, 0.25) is 0 Å². The van der Waals surface area contributed by atoms with Gasteiger partial charge >= 0.3 is 6.18 Å². The first-order valence-corrected chi connectivity index (χ1v) is 8.21. The lowest BCUT2D eigenvalue weighted by Crippen LogP contribution is -2.38. The molecule has 1 heterocycles. The minimum atomic E-state index is -4.30. The molecule has 1 saturated heterocycles. The minimum Gasteiger partial charge on any atom is -0.370 e. The molecule has 25 heavy (non-hydrogen) atoms. The normalized spacial score (nSPS) is 16.3. The van der Waals surface area contributed by atoms with Gasteiger partial charge in [-0.2, -0.15) is 13.2 Å². The molecule has 0 amide bonds. The van der Waals surface area contributed by atoms with Gasteiger partial charge in [-0.05, 0) is 24.0 Å². The zero-order valence-electron chi connectivity index (χ0n) is 14.1. The first kappa shape index (κ1) is 22.0. The van der Waals surface area contributed by atoms with Gasteiger partial charge < -0.3 is 15.4 Å². The fourth-order valence-electron chi connectivity index (χ4n) is 2.67. The predicted octanol–water partition coefficient (Wildman–Crippen LogP) is 4.07. The van der Waals surface area contributed by atoms with Crippen molar-refractivity contribution in [3.05, 3.63) is 35.4 Å². The summed E-state index contributed by atoms with van der Waals surface area (Å²) in [6.45, 7) is 0.965. The predicted molar refractivity (Wildman–Crippen MR) is 103 cm³/mol. The van der Waals surface area contributed by atoms with E-state index < -0.39 is 12.8 Å². The smallest absolute Gasteiger partial charge is 0.370 e. The number of nitrogens with two attached hydrogens (primary N) is 1. The van der Waals surface area contributed by atoms with Crippen molar-refractivity contribution < 1.29 is 17.9 Å². The Morgan fingerprint density at radius 1 is 1.12 bits per heavy atom. The van der Waals surface area contributed by atoms with Crippen LogP contribution in [-0.4, -0.2) is 36.7 Å². The van der Waals surface area contributed by atoms with Gasteiger partial charge in [-0.15, -0.1) is 24.0 Å². The van der Waals surface area contributed by atoms with Crippen LogP contribution in [0, 0.1) is 0 Å². The summed E-state index contributed by atoms with van der Waals surface area (Å²) in [5, 5.41) is 0. The number of rotatable bonds is 5. The summed E-state index contributed by atoms with van der Waals surface area (Å²) in [6.07, 6.45) is 0.404. The van der Waals surface area contributed by atoms with E-state index in [0.717, 1.165) is 31.5 Å². The van der Waals surface area contributed by atoms with E-state index in [2.05, 4.69) is 14.6 Å². The van der Waals surface area contributed by atoms with Crippen LogP contribution in [0.5, 0.6) is 0 Å². The molecule has 0 aromatic heterocycles. The van der Waals surface area contributed by atoms with Crippen LogP contribution < -0.4 is 5.73 Å². The van der Waals surface area contributed by atoms with E-state index in [9.17, 15) is 13.2 Å². The van der Waals surface area contributed by atoms with E-state index in [-0.39, 0.29) is 30.6 Å². The van der Waals surface area contributed by atoms with Gasteiger partial charge in [-0.1, -0.05) is 37.1 Å². The molecule has 1 fully saturated rings. The first-order valence-electron chi connectivity index (χ1n) is 8.21. The Kier molecular flexibility index (Phi) is 9.55. The molecule has 8 heteroatoms. The molecule has 1 aromatic carbocycles. The lowest BCUT2D eigenvalue weighted by molar-refractivity contribution is -0.176. The lowest BCUT2D eigenvalue weighted by atomic mass is 10.1. The molecule has 0 radical (unpaired) electrons. The van der Waals surface area contributed by atoms with E-state index in [4.69, 9.17) is 5.73 Å². The van der Waals surface area contributed by atoms with Gasteiger partial charge in [0.05, 0.1) is 13.2 Å². The standard InChI is InChI=1S/C17H24F3N3O.HI/c18-17(19,20)13-24-12-15-7-5-6-14(10-15)11-22-16(21)23-8-3-1-2-4-9-23;/h5-7,10H,1-4,8-9,11-13H2,(H2,21,22);1H. The van der Waals surface area contributed by atoms with Gasteiger partial charge in [-0.3, -0.25) is 0 Å². The summed E-state index contributed by atoms with van der Waals surface area (Å²) in [5.74, 6) is 0.538. The highest BCUT2D eigenvalue weighted by molar-refractivity contribution is 14.0. The Morgan fingerprint density at radius 3 is 2.40 bits per heavy atom. The number of aliphatic imine (C=N–C) groups is 1. The van der Waals surface area contributed by atoms with Crippen molar-refractivity contribution >= 4 is 29.9 Å². The number of alkyl halides is 3. The Bertz CT molecular complexity index is 544. The molecule has 0 saturated carbocycles. The molecule has 142 valence electrons. The molecule has 1 aliphatic heterocycles. The second-order valence-corrected chi connectivity index (χ2v) is 6.00. The van der Waals surface area contributed by atoms with Crippen LogP contribution in [0.25, 0.3) is 0 Å². The molecule has 0 atom stereocenters. The van der Waals surface area contributed by atoms with Gasteiger partial charge in [0.25, 0.3) is 0 Å². The molecule has 0 spiro atoms. The fourth-order valence-corrected chi connectivity index (χ4v) is 2.67. The monoisotopic (exact) mass is 471 g/mol. The Labute approximate surface area is 163 Å². The van der Waals surface area contributed by atoms with E-state index >= 15 is 0 Å². The topological polar surface area (TPSA) is 50.9 Å². The van der Waals surface area contributed by atoms with Gasteiger partial charge in [-0.25, -0.2) is 4.99 Å². The number of likely N-dealkylation sites (tertiary alicyclic amines) is 1. The summed E-state index contributed by atoms with van der Waals surface area (Å²) in [5.41, 5.74) is 7.66. The summed E-state index contributed by atoms with van der Waals surface area (Å²) in [7, 11) is 0. The van der Waals surface area contributed by atoms with Crippen molar-refractivity contribution in [2.45, 2.75) is 45.0 Å². The largest absolute Gasteiger partial charge is 0.411 e. The average Bonchev–Trinajstić information content (AvgIpc) is 2.81. The van der Waals surface area contributed by atoms with Crippen molar-refractivity contribution in [2.24, 2.45) is 10.7 Å². The van der Waals surface area contributed by atoms with E-state index in [1.807, 2.05) is 6.07 Å². The third kappa shape index (κ3) is 8.75. The van der Waals surface area contributed by atoms with Crippen LogP contribution >= 0.6 is 24.0 Å². The molecule has 2 N–H and O–H groups in total. The number of hydrogen-bond acceptors (Lipinski definition) is 2. The molecule has 2 rings (SSSR count). The van der Waals surface area contributed by atoms with E-state index in [0.29, 0.717) is 18.1 Å². The van der Waals surface area contributed by atoms with E-state index in [1.54, 1.807) is 18.2 Å². The third-order valence-electron chi connectivity index (χ3n) is 3.88. The van der Waals surface area contributed by atoms with Crippen LogP contribution in [0.1, 0.15) is 36.8 Å². The second-order valence-electron chi connectivity index (χ2n) is 6.00. The first-order chi connectivity index (χ1) is 11.4. The molecule has 0 aliphatic carbocycles. The second kappa shape index (κ2) is 10.8. The van der Waals surface area contributed by atoms with Gasteiger partial charge in [0, 0.05) is 13.1 Å². The van der Waals surface area contributed by atoms with Gasteiger partial charge in [0.15, 0.2) is 5.96 Å². The highest BCUT2D eigenvalue weighted by Crippen LogP contribution is 2.16. The fraction of sp³-hybridized carbons (Fsp3) is 0.588. The number of nitrogens with zero attached hydrogens (tertiary/aromatic N) is 2. The molecular weight excluding hydrogens is 446 g/mol. The highest BCUT2D eigenvalue weighted by Gasteiger charge is 2.27. The van der Waals surface area contributed by atoms with E-state index in [1.165, 1.54) is 12.8 Å². The summed E-state index contributed by atoms with van der Waals surface area (Å²) >= 11 is 0. The number of guanidine groups is 1. The van der Waals surface area contributed by atoms with Gasteiger partial charge in [0.1, 0.15) is 6.61 Å². The zero-order valence-corrected chi connectivity index (χ0v) is 16.4. The SMILES string of the molecule is I.NC(=NCc1cccc(COCC(F)(F)F)c1)N1CCCCCC1. The molecule has 1 aromatic rings. The average molecular weight is 471 g/mol. The van der Waals surface area contributed by atoms with Crippen molar-refractivity contribution in [2.75, 3.05) is 19.7 Å². The molecular formula is C17H25F3IN3O. The van der Waals surface area contributed by atoms with Crippen LogP contribution in [0.3, 0.4) is 0 Å². The van der Waals surface area contributed by atoms with Crippen LogP contribution in [-0.2, 0) is 17.9 Å². The number of ether oxygens (including phenoxy) is 1. The quantitative estimate of drug-likeness (QED) is 0.400. The Morgan fingerprint density at radius 2 is 1.76 bits per heavy atom. The van der Waals surface area contributed by atoms with Crippen molar-refractivity contribution in [3.63, 3.8) is 0 Å². The number of hydrogen-bond donors (Lipinski definition) is 1. The summed E-state index contributed by atoms with van der Waals surface area (Å²) in [6, 6.07) is 7.21. The zero-order chi connectivity index (χ0) is 17.4. The number of halogens is 4. The molecule has 0 unspecified atom stereocenters. The van der Waals surface area contributed by atoms with Crippen molar-refractivity contribution in [3.8, 4) is 0 Å². The van der Waals surface area contributed by atoms with Crippen LogP contribution in [0.4, 0.5) is 13.2 Å². The lowest BCUT2D eigenvalue weighted by Gasteiger charge is -2.21. The highest BCUT2D eigenvalue weighted by atomic mass is 127. The van der Waals surface area contributed by atoms with Crippen molar-refractivity contribution in [1.29, 1.82) is 0 Å². The van der Waals surface area contributed by atoms with Crippen molar-refractivity contribution in [1.82, 2.24) is 4.90 Å². The third-order valence-corrected chi connectivity index (χ3v) is 3.88. The summed E-state index contributed by atoms with van der Waals surface area (Å²) < 4.78 is 41.0. The maximum absolute atomic E-state index is 12.1. The maximum atomic E-state index is 12.1. The number of benzene rings is 1. The minimum absolute atomic E-state index is 0. The molecule has 4 nitrogen and oxygen atoms in total. The van der Waals surface area contributed by atoms with Crippen LogP contribution in [0.2, 0.25) is 0 Å². The van der Waals surface area contributed by atoms with Crippen LogP contribution in [0.15, 0.2) is 29.3 Å². The molecule has 0 bridgehead atoms. The summed E-state index contributed by atoms with van der Waals surface area (Å²) in [4.78, 5) is 6.52. The Balaban J connectivity index is 0.00000312. The Hall–Kier alpha value is -1.03. The molecule has 1 aliphatic rings.